The van der Waals surface area contributed by atoms with Crippen molar-refractivity contribution in [1.29, 1.82) is 0 Å². The molecule has 0 spiro atoms. The molecule has 0 heterocycles. The van der Waals surface area contributed by atoms with E-state index in [-0.39, 0.29) is 5.54 Å². The lowest BCUT2D eigenvalue weighted by atomic mass is 9.96. The molecule has 1 aliphatic carbocycles. The maximum atomic E-state index is 6.21. The molecule has 2 rings (SSSR count). The van der Waals surface area contributed by atoms with E-state index in [1.807, 2.05) is 19.2 Å². The largest absolute Gasteiger partial charge is 0.310 e. The van der Waals surface area contributed by atoms with Crippen molar-refractivity contribution in [3.05, 3.63) is 34.9 Å². The monoisotopic (exact) mass is 209 g/mol. The van der Waals surface area contributed by atoms with Crippen LogP contribution in [-0.4, -0.2) is 7.05 Å². The van der Waals surface area contributed by atoms with Crippen molar-refractivity contribution in [1.82, 2.24) is 5.32 Å². The lowest BCUT2D eigenvalue weighted by molar-refractivity contribution is 0.441. The van der Waals surface area contributed by atoms with Crippen molar-refractivity contribution in [2.75, 3.05) is 7.05 Å². The summed E-state index contributed by atoms with van der Waals surface area (Å²) in [7, 11) is 2.01. The first-order chi connectivity index (χ1) is 6.53. The van der Waals surface area contributed by atoms with Gasteiger partial charge in [-0.1, -0.05) is 43.6 Å². The van der Waals surface area contributed by atoms with Crippen LogP contribution in [0.25, 0.3) is 0 Å². The fourth-order valence-corrected chi connectivity index (χ4v) is 2.74. The zero-order valence-corrected chi connectivity index (χ0v) is 9.65. The smallest absolute Gasteiger partial charge is 0.0505 e. The fourth-order valence-electron chi connectivity index (χ4n) is 2.45. The van der Waals surface area contributed by atoms with Gasteiger partial charge in [0.1, 0.15) is 0 Å². The Bertz CT molecular complexity index is 359. The molecule has 0 bridgehead atoms. The van der Waals surface area contributed by atoms with Gasteiger partial charge in [-0.2, -0.15) is 0 Å². The molecule has 1 aromatic rings. The minimum atomic E-state index is 0.0886. The maximum absolute atomic E-state index is 6.21. The molecular weight excluding hydrogens is 194 g/mol. The second kappa shape index (κ2) is 2.98. The van der Waals surface area contributed by atoms with E-state index in [2.05, 4.69) is 31.3 Å². The molecular formula is C12H16ClN. The van der Waals surface area contributed by atoms with Crippen LogP contribution in [0.1, 0.15) is 25.8 Å². The molecule has 1 fully saturated rings. The Hall–Kier alpha value is -0.530. The predicted octanol–water partition coefficient (Wildman–Crippen LogP) is 3.18. The third kappa shape index (κ3) is 1.19. The SMILES string of the molecule is CNC1(c2ccccc2Cl)CC1(C)C. The van der Waals surface area contributed by atoms with Crippen molar-refractivity contribution in [3.63, 3.8) is 0 Å². The van der Waals surface area contributed by atoms with Crippen molar-refractivity contribution >= 4 is 11.6 Å². The molecule has 1 aromatic carbocycles. The van der Waals surface area contributed by atoms with Crippen molar-refractivity contribution in [3.8, 4) is 0 Å². The molecule has 76 valence electrons. The van der Waals surface area contributed by atoms with E-state index in [1.54, 1.807) is 0 Å². The first-order valence-corrected chi connectivity index (χ1v) is 5.35. The number of nitrogens with one attached hydrogen (secondary N) is 1. The zero-order chi connectivity index (χ0) is 10.4. The summed E-state index contributed by atoms with van der Waals surface area (Å²) < 4.78 is 0. The number of halogens is 1. The van der Waals surface area contributed by atoms with Gasteiger partial charge in [-0.15, -0.1) is 0 Å². The number of hydrogen-bond acceptors (Lipinski definition) is 1. The summed E-state index contributed by atoms with van der Waals surface area (Å²) in [6.45, 7) is 4.54. The van der Waals surface area contributed by atoms with Crippen LogP contribution in [0.2, 0.25) is 5.02 Å². The van der Waals surface area contributed by atoms with Crippen LogP contribution in [0.3, 0.4) is 0 Å². The molecule has 0 saturated heterocycles. The fraction of sp³-hybridized carbons (Fsp3) is 0.500. The number of hydrogen-bond donors (Lipinski definition) is 1. The van der Waals surface area contributed by atoms with Gasteiger partial charge in [0.25, 0.3) is 0 Å². The van der Waals surface area contributed by atoms with Crippen LogP contribution in [0, 0.1) is 5.41 Å². The quantitative estimate of drug-likeness (QED) is 0.789. The summed E-state index contributed by atoms with van der Waals surface area (Å²) in [4.78, 5) is 0. The molecule has 1 atom stereocenters. The Morgan fingerprint density at radius 3 is 2.29 bits per heavy atom. The van der Waals surface area contributed by atoms with E-state index in [0.717, 1.165) is 11.4 Å². The molecule has 0 amide bonds. The van der Waals surface area contributed by atoms with Gasteiger partial charge in [-0.3, -0.25) is 0 Å². The van der Waals surface area contributed by atoms with E-state index >= 15 is 0 Å². The first-order valence-electron chi connectivity index (χ1n) is 4.97. The molecule has 0 radical (unpaired) electrons. The third-order valence-electron chi connectivity index (χ3n) is 3.50. The van der Waals surface area contributed by atoms with Crippen LogP contribution in [-0.2, 0) is 5.54 Å². The molecule has 0 aliphatic heterocycles. The van der Waals surface area contributed by atoms with Crippen molar-refractivity contribution in [2.45, 2.75) is 25.8 Å². The standard InChI is InChI=1S/C12H16ClN/c1-11(2)8-12(11,14-3)9-6-4-5-7-10(9)13/h4-7,14H,8H2,1-3H3. The minimum Gasteiger partial charge on any atom is -0.310 e. The lowest BCUT2D eigenvalue weighted by Gasteiger charge is -2.21. The molecule has 0 aromatic heterocycles. The minimum absolute atomic E-state index is 0.0886. The lowest BCUT2D eigenvalue weighted by Crippen LogP contribution is -2.30. The Labute approximate surface area is 90.5 Å². The van der Waals surface area contributed by atoms with E-state index in [1.165, 1.54) is 5.56 Å². The zero-order valence-electron chi connectivity index (χ0n) is 8.89. The molecule has 1 unspecified atom stereocenters. The van der Waals surface area contributed by atoms with Gasteiger partial charge in [0, 0.05) is 5.02 Å². The third-order valence-corrected chi connectivity index (χ3v) is 3.83. The summed E-state index contributed by atoms with van der Waals surface area (Å²) in [5, 5.41) is 4.28. The Balaban J connectivity index is 2.46. The van der Waals surface area contributed by atoms with Crippen LogP contribution >= 0.6 is 11.6 Å². The summed E-state index contributed by atoms with van der Waals surface area (Å²) in [5.41, 5.74) is 1.63. The predicted molar refractivity (Wildman–Crippen MR) is 60.6 cm³/mol. The Kier molecular flexibility index (Phi) is 2.13. The topological polar surface area (TPSA) is 12.0 Å². The average molecular weight is 210 g/mol. The van der Waals surface area contributed by atoms with Crippen LogP contribution in [0.15, 0.2) is 24.3 Å². The van der Waals surface area contributed by atoms with Crippen molar-refractivity contribution in [2.24, 2.45) is 5.41 Å². The van der Waals surface area contributed by atoms with Gasteiger partial charge in [0.05, 0.1) is 5.54 Å². The molecule has 14 heavy (non-hydrogen) atoms. The average Bonchev–Trinajstić information content (AvgIpc) is 2.70. The van der Waals surface area contributed by atoms with Gasteiger partial charge >= 0.3 is 0 Å². The summed E-state index contributed by atoms with van der Waals surface area (Å²) in [6.07, 6.45) is 1.15. The van der Waals surface area contributed by atoms with Crippen LogP contribution in [0.5, 0.6) is 0 Å². The maximum Gasteiger partial charge on any atom is 0.0505 e. The molecule has 1 nitrogen and oxygen atoms in total. The van der Waals surface area contributed by atoms with E-state index in [4.69, 9.17) is 11.6 Å². The molecule has 1 aliphatic rings. The second-order valence-electron chi connectivity index (χ2n) is 4.70. The molecule has 1 saturated carbocycles. The second-order valence-corrected chi connectivity index (χ2v) is 5.10. The van der Waals surface area contributed by atoms with Crippen LogP contribution in [0.4, 0.5) is 0 Å². The highest BCUT2D eigenvalue weighted by Gasteiger charge is 2.61. The highest BCUT2D eigenvalue weighted by molar-refractivity contribution is 6.31. The van der Waals surface area contributed by atoms with E-state index in [9.17, 15) is 0 Å². The molecule has 2 heteroatoms. The van der Waals surface area contributed by atoms with Gasteiger partial charge in [-0.05, 0) is 30.5 Å². The Morgan fingerprint density at radius 1 is 1.29 bits per heavy atom. The van der Waals surface area contributed by atoms with Gasteiger partial charge in [-0.25, -0.2) is 0 Å². The van der Waals surface area contributed by atoms with Crippen LogP contribution < -0.4 is 5.32 Å². The Morgan fingerprint density at radius 2 is 1.86 bits per heavy atom. The summed E-state index contributed by atoms with van der Waals surface area (Å²) >= 11 is 6.21. The van der Waals surface area contributed by atoms with Gasteiger partial charge < -0.3 is 5.32 Å². The number of benzene rings is 1. The normalized spacial score (nSPS) is 28.9. The van der Waals surface area contributed by atoms with Crippen molar-refractivity contribution < 1.29 is 0 Å². The summed E-state index contributed by atoms with van der Waals surface area (Å²) in [6, 6.07) is 8.11. The highest BCUT2D eigenvalue weighted by atomic mass is 35.5. The summed E-state index contributed by atoms with van der Waals surface area (Å²) in [5.74, 6) is 0. The van der Waals surface area contributed by atoms with Gasteiger partial charge in [0.2, 0.25) is 0 Å². The molecule has 1 N–H and O–H groups in total. The van der Waals surface area contributed by atoms with E-state index in [0.29, 0.717) is 5.41 Å². The number of rotatable bonds is 2. The van der Waals surface area contributed by atoms with E-state index < -0.39 is 0 Å². The highest BCUT2D eigenvalue weighted by Crippen LogP contribution is 2.63. The first kappa shape index (κ1) is 10.0. The van der Waals surface area contributed by atoms with Gasteiger partial charge in [0.15, 0.2) is 0 Å².